The third kappa shape index (κ3) is 4.02. The van der Waals surface area contributed by atoms with E-state index < -0.39 is 30.4 Å². The molecular formula is C17H11BF3NO5. The molecule has 0 aliphatic carbocycles. The number of nitrogens with one attached hydrogen (secondary N) is 1. The predicted octanol–water partition coefficient (Wildman–Crippen LogP) is 1.74. The highest BCUT2D eigenvalue weighted by Crippen LogP contribution is 2.34. The van der Waals surface area contributed by atoms with E-state index >= 15 is 0 Å². The maximum absolute atomic E-state index is 13.0. The quantitative estimate of drug-likeness (QED) is 0.477. The van der Waals surface area contributed by atoms with Crippen LogP contribution in [0, 0.1) is 0 Å². The highest BCUT2D eigenvalue weighted by Gasteiger charge is 2.33. The Balaban J connectivity index is 1.91. The average molecular weight is 377 g/mol. The molecule has 0 saturated heterocycles. The lowest BCUT2D eigenvalue weighted by Crippen LogP contribution is -2.29. The largest absolute Gasteiger partial charge is 0.488 e. The van der Waals surface area contributed by atoms with Gasteiger partial charge in [-0.2, -0.15) is 13.2 Å². The molecular weight excluding hydrogens is 366 g/mol. The van der Waals surface area contributed by atoms with Gasteiger partial charge in [0.25, 0.3) is 5.91 Å². The lowest BCUT2D eigenvalue weighted by atomic mass is 9.80. The van der Waals surface area contributed by atoms with Crippen molar-refractivity contribution < 1.29 is 32.4 Å². The minimum absolute atomic E-state index is 0.126. The second-order valence-corrected chi connectivity index (χ2v) is 5.64. The fraction of sp³-hybridized carbons (Fsp3) is 0.0588. The van der Waals surface area contributed by atoms with Crippen molar-refractivity contribution >= 4 is 35.1 Å². The Labute approximate surface area is 150 Å². The summed E-state index contributed by atoms with van der Waals surface area (Å²) in [7, 11) is -1.67. The number of fused-ring (bicyclic) bond motifs is 1. The van der Waals surface area contributed by atoms with Gasteiger partial charge in [-0.05, 0) is 29.7 Å². The number of anilines is 1. The lowest BCUT2D eigenvalue weighted by molar-refractivity contribution is -0.136. The van der Waals surface area contributed by atoms with Crippen molar-refractivity contribution in [1.82, 2.24) is 0 Å². The first-order valence-electron chi connectivity index (χ1n) is 7.58. The molecule has 3 rings (SSSR count). The number of alkyl halides is 3. The van der Waals surface area contributed by atoms with E-state index in [9.17, 15) is 22.8 Å². The molecule has 0 atom stereocenters. The Morgan fingerprint density at radius 1 is 1.04 bits per heavy atom. The molecule has 0 fully saturated rings. The first kappa shape index (κ1) is 18.7. The minimum atomic E-state index is -4.72. The highest BCUT2D eigenvalue weighted by molar-refractivity contribution is 6.58. The zero-order chi connectivity index (χ0) is 19.8. The maximum atomic E-state index is 13.0. The summed E-state index contributed by atoms with van der Waals surface area (Å²) in [6, 6.07) is 9.24. The topological polar surface area (TPSA) is 99.8 Å². The summed E-state index contributed by atoms with van der Waals surface area (Å²) in [6.45, 7) is 0. The van der Waals surface area contributed by atoms with Crippen LogP contribution in [0.1, 0.15) is 15.9 Å². The zero-order valence-corrected chi connectivity index (χ0v) is 13.4. The van der Waals surface area contributed by atoms with Crippen LogP contribution >= 0.6 is 0 Å². The van der Waals surface area contributed by atoms with Crippen LogP contribution in [0.4, 0.5) is 18.9 Å². The lowest BCUT2D eigenvalue weighted by Gasteiger charge is -2.11. The monoisotopic (exact) mass is 377 g/mol. The fourth-order valence-electron chi connectivity index (χ4n) is 2.48. The standard InChI is InChI=1S/C17H11BF3NO5/c19-17(20,21)13-8-15(23)27-14-7-11(5-6-12(13)14)22-16(24)9-1-3-10(4-2-9)18(25)26/h1-8,25-26H,(H,22,24). The molecule has 138 valence electrons. The van der Waals surface area contributed by atoms with E-state index in [1.54, 1.807) is 0 Å². The molecule has 0 radical (unpaired) electrons. The number of hydrogen-bond donors (Lipinski definition) is 3. The highest BCUT2D eigenvalue weighted by atomic mass is 19.4. The number of carbonyl (C=O) groups excluding carboxylic acids is 1. The predicted molar refractivity (Wildman–Crippen MR) is 91.7 cm³/mol. The van der Waals surface area contributed by atoms with Gasteiger partial charge in [0.1, 0.15) is 5.58 Å². The summed E-state index contributed by atoms with van der Waals surface area (Å²) in [5, 5.41) is 20.2. The van der Waals surface area contributed by atoms with Crippen LogP contribution in [0.15, 0.2) is 57.7 Å². The van der Waals surface area contributed by atoms with Gasteiger partial charge < -0.3 is 19.8 Å². The van der Waals surface area contributed by atoms with Crippen molar-refractivity contribution in [3.63, 3.8) is 0 Å². The van der Waals surface area contributed by atoms with Gasteiger partial charge in [-0.25, -0.2) is 4.79 Å². The van der Waals surface area contributed by atoms with E-state index in [1.165, 1.54) is 30.3 Å². The number of carbonyl (C=O) groups is 1. The first-order chi connectivity index (χ1) is 12.6. The maximum Gasteiger partial charge on any atom is 0.488 e. The number of benzene rings is 2. The summed E-state index contributed by atoms with van der Waals surface area (Å²) in [5.41, 5.74) is -2.09. The van der Waals surface area contributed by atoms with Crippen LogP contribution in [-0.4, -0.2) is 23.1 Å². The van der Waals surface area contributed by atoms with Gasteiger partial charge in [0.05, 0.1) is 5.56 Å². The van der Waals surface area contributed by atoms with Crippen molar-refractivity contribution in [2.75, 3.05) is 5.32 Å². The molecule has 1 amide bonds. The van der Waals surface area contributed by atoms with Crippen LogP contribution < -0.4 is 16.4 Å². The summed E-state index contributed by atoms with van der Waals surface area (Å²) in [5.74, 6) is -0.581. The Morgan fingerprint density at radius 2 is 1.70 bits per heavy atom. The third-order valence-corrected chi connectivity index (χ3v) is 3.78. The van der Waals surface area contributed by atoms with E-state index in [0.29, 0.717) is 6.07 Å². The second kappa shape index (κ2) is 6.90. The van der Waals surface area contributed by atoms with Crippen molar-refractivity contribution in [1.29, 1.82) is 0 Å². The summed E-state index contributed by atoms with van der Waals surface area (Å²) >= 11 is 0. The molecule has 0 spiro atoms. The van der Waals surface area contributed by atoms with E-state index in [4.69, 9.17) is 14.5 Å². The molecule has 27 heavy (non-hydrogen) atoms. The summed E-state index contributed by atoms with van der Waals surface area (Å²) in [6.07, 6.45) is -4.72. The molecule has 0 aliphatic rings. The van der Waals surface area contributed by atoms with E-state index in [1.807, 2.05) is 0 Å². The Morgan fingerprint density at radius 3 is 2.30 bits per heavy atom. The first-order valence-corrected chi connectivity index (χ1v) is 7.58. The van der Waals surface area contributed by atoms with Crippen molar-refractivity contribution in [2.24, 2.45) is 0 Å². The summed E-state index contributed by atoms with van der Waals surface area (Å²) < 4.78 is 43.9. The van der Waals surface area contributed by atoms with Crippen LogP contribution in [0.2, 0.25) is 0 Å². The van der Waals surface area contributed by atoms with Crippen LogP contribution in [0.25, 0.3) is 11.0 Å². The van der Waals surface area contributed by atoms with Crippen molar-refractivity contribution in [2.45, 2.75) is 6.18 Å². The van der Waals surface area contributed by atoms with Crippen molar-refractivity contribution in [3.05, 3.63) is 70.1 Å². The van der Waals surface area contributed by atoms with E-state index in [-0.39, 0.29) is 27.7 Å². The Kier molecular flexibility index (Phi) is 4.77. The van der Waals surface area contributed by atoms with Crippen LogP contribution in [0.3, 0.4) is 0 Å². The SMILES string of the molecule is O=C(Nc1ccc2c(C(F)(F)F)cc(=O)oc2c1)c1ccc(B(O)O)cc1. The number of hydrogen-bond acceptors (Lipinski definition) is 5. The molecule has 0 unspecified atom stereocenters. The Bertz CT molecular complexity index is 1060. The molecule has 1 aromatic heterocycles. The fourth-order valence-corrected chi connectivity index (χ4v) is 2.48. The molecule has 3 aromatic rings. The van der Waals surface area contributed by atoms with Crippen molar-refractivity contribution in [3.8, 4) is 0 Å². The molecule has 3 N–H and O–H groups in total. The minimum Gasteiger partial charge on any atom is -0.423 e. The van der Waals surface area contributed by atoms with Crippen LogP contribution in [-0.2, 0) is 6.18 Å². The smallest absolute Gasteiger partial charge is 0.423 e. The summed E-state index contributed by atoms with van der Waals surface area (Å²) in [4.78, 5) is 23.6. The molecule has 6 nitrogen and oxygen atoms in total. The molecule has 0 saturated carbocycles. The number of rotatable bonds is 3. The third-order valence-electron chi connectivity index (χ3n) is 3.78. The van der Waals surface area contributed by atoms with Gasteiger partial charge in [0.2, 0.25) is 0 Å². The van der Waals surface area contributed by atoms with Gasteiger partial charge in [-0.1, -0.05) is 12.1 Å². The van der Waals surface area contributed by atoms with Gasteiger partial charge in [-0.15, -0.1) is 0 Å². The Hall–Kier alpha value is -3.11. The van der Waals surface area contributed by atoms with Gasteiger partial charge in [0, 0.05) is 28.8 Å². The van der Waals surface area contributed by atoms with E-state index in [0.717, 1.165) is 12.1 Å². The number of halogens is 3. The molecule has 10 heteroatoms. The number of amides is 1. The molecule has 0 bridgehead atoms. The average Bonchev–Trinajstić information content (AvgIpc) is 2.60. The van der Waals surface area contributed by atoms with Gasteiger partial charge in [-0.3, -0.25) is 4.79 Å². The normalized spacial score (nSPS) is 11.4. The van der Waals surface area contributed by atoms with Crippen LogP contribution in [0.5, 0.6) is 0 Å². The zero-order valence-electron chi connectivity index (χ0n) is 13.4. The second-order valence-electron chi connectivity index (χ2n) is 5.64. The van der Waals surface area contributed by atoms with Gasteiger partial charge >= 0.3 is 18.9 Å². The molecule has 1 heterocycles. The molecule has 0 aliphatic heterocycles. The van der Waals surface area contributed by atoms with E-state index in [2.05, 4.69) is 5.32 Å². The molecule has 2 aromatic carbocycles. The van der Waals surface area contributed by atoms with Gasteiger partial charge in [0.15, 0.2) is 0 Å².